The van der Waals surface area contributed by atoms with Gasteiger partial charge >= 0.3 is 0 Å². The SMILES string of the molecule is CCc1cc(CCc2cc(CC)c(CO)[nH]c2=O)c(OC)nc1C. The highest BCUT2D eigenvalue weighted by atomic mass is 16.5. The fourth-order valence-corrected chi connectivity index (χ4v) is 2.96. The molecule has 2 N–H and O–H groups in total. The minimum atomic E-state index is -0.145. The fourth-order valence-electron chi connectivity index (χ4n) is 2.96. The van der Waals surface area contributed by atoms with E-state index in [0.717, 1.165) is 35.2 Å². The monoisotopic (exact) mass is 330 g/mol. The number of rotatable bonds is 7. The molecule has 0 unspecified atom stereocenters. The maximum atomic E-state index is 12.2. The van der Waals surface area contributed by atoms with E-state index in [0.29, 0.717) is 24.4 Å². The van der Waals surface area contributed by atoms with Crippen molar-refractivity contribution < 1.29 is 9.84 Å². The Labute approximate surface area is 142 Å². The second-order valence-corrected chi connectivity index (χ2v) is 5.89. The lowest BCUT2D eigenvalue weighted by molar-refractivity contribution is 0.275. The first-order valence-electron chi connectivity index (χ1n) is 8.42. The van der Waals surface area contributed by atoms with Crippen LogP contribution in [0.15, 0.2) is 16.9 Å². The number of pyridine rings is 2. The number of hydrogen-bond acceptors (Lipinski definition) is 4. The second kappa shape index (κ2) is 8.11. The molecule has 130 valence electrons. The van der Waals surface area contributed by atoms with Gasteiger partial charge in [-0.2, -0.15) is 0 Å². The van der Waals surface area contributed by atoms with Crippen LogP contribution in [0.25, 0.3) is 0 Å². The Bertz CT molecular complexity index is 766. The Hall–Kier alpha value is -2.14. The predicted octanol–water partition coefficient (Wildman–Crippen LogP) is 2.49. The summed E-state index contributed by atoms with van der Waals surface area (Å²) in [5.41, 5.74) is 5.38. The number of aliphatic hydroxyl groups is 1. The molecule has 0 aliphatic rings. The van der Waals surface area contributed by atoms with E-state index < -0.39 is 0 Å². The highest BCUT2D eigenvalue weighted by Gasteiger charge is 2.12. The summed E-state index contributed by atoms with van der Waals surface area (Å²) >= 11 is 0. The summed E-state index contributed by atoms with van der Waals surface area (Å²) in [7, 11) is 1.62. The van der Waals surface area contributed by atoms with Gasteiger partial charge in [0.25, 0.3) is 5.56 Å². The predicted molar refractivity (Wildman–Crippen MR) is 94.7 cm³/mol. The number of methoxy groups -OCH3 is 1. The number of aromatic amines is 1. The average molecular weight is 330 g/mol. The van der Waals surface area contributed by atoms with Gasteiger partial charge in [-0.15, -0.1) is 0 Å². The molecule has 0 aliphatic heterocycles. The third kappa shape index (κ3) is 3.85. The van der Waals surface area contributed by atoms with Crippen LogP contribution in [0.4, 0.5) is 0 Å². The normalized spacial score (nSPS) is 10.9. The van der Waals surface area contributed by atoms with E-state index in [1.807, 2.05) is 19.9 Å². The minimum absolute atomic E-state index is 0.133. The lowest BCUT2D eigenvalue weighted by Gasteiger charge is -2.12. The smallest absolute Gasteiger partial charge is 0.251 e. The van der Waals surface area contributed by atoms with Crippen molar-refractivity contribution in [3.63, 3.8) is 0 Å². The van der Waals surface area contributed by atoms with E-state index in [2.05, 4.69) is 23.0 Å². The van der Waals surface area contributed by atoms with Gasteiger partial charge in [0.05, 0.1) is 13.7 Å². The number of aliphatic hydroxyl groups excluding tert-OH is 1. The quantitative estimate of drug-likeness (QED) is 0.818. The summed E-state index contributed by atoms with van der Waals surface area (Å²) in [6.45, 7) is 5.95. The first-order chi connectivity index (χ1) is 11.5. The molecular formula is C19H26N2O3. The molecule has 5 nitrogen and oxygen atoms in total. The van der Waals surface area contributed by atoms with Gasteiger partial charge in [0.2, 0.25) is 5.88 Å². The number of aryl methyl sites for hydroxylation is 5. The van der Waals surface area contributed by atoms with Crippen LogP contribution in [-0.4, -0.2) is 22.2 Å². The zero-order valence-electron chi connectivity index (χ0n) is 14.9. The Kier molecular flexibility index (Phi) is 6.15. The first-order valence-corrected chi connectivity index (χ1v) is 8.42. The Balaban J connectivity index is 2.29. The Morgan fingerprint density at radius 3 is 2.29 bits per heavy atom. The minimum Gasteiger partial charge on any atom is -0.481 e. The van der Waals surface area contributed by atoms with Crippen LogP contribution in [0, 0.1) is 6.92 Å². The van der Waals surface area contributed by atoms with Crippen molar-refractivity contribution in [2.24, 2.45) is 0 Å². The zero-order chi connectivity index (χ0) is 17.7. The topological polar surface area (TPSA) is 75.2 Å². The molecule has 0 saturated heterocycles. The summed E-state index contributed by atoms with van der Waals surface area (Å²) in [5, 5.41) is 9.33. The van der Waals surface area contributed by atoms with Gasteiger partial charge in [0.1, 0.15) is 0 Å². The van der Waals surface area contributed by atoms with Crippen LogP contribution in [0.5, 0.6) is 5.88 Å². The van der Waals surface area contributed by atoms with Crippen molar-refractivity contribution in [1.82, 2.24) is 9.97 Å². The summed E-state index contributed by atoms with van der Waals surface area (Å²) in [6.07, 6.45) is 2.99. The molecule has 0 saturated carbocycles. The van der Waals surface area contributed by atoms with Gasteiger partial charge in [-0.25, -0.2) is 4.98 Å². The van der Waals surface area contributed by atoms with Crippen LogP contribution >= 0.6 is 0 Å². The van der Waals surface area contributed by atoms with Crippen LogP contribution < -0.4 is 10.3 Å². The molecule has 2 heterocycles. The molecular weight excluding hydrogens is 304 g/mol. The van der Waals surface area contributed by atoms with Crippen molar-refractivity contribution in [3.8, 4) is 5.88 Å². The molecule has 0 amide bonds. The van der Waals surface area contributed by atoms with Gasteiger partial charge in [-0.1, -0.05) is 13.8 Å². The van der Waals surface area contributed by atoms with Gasteiger partial charge in [-0.3, -0.25) is 4.79 Å². The number of ether oxygens (including phenoxy) is 1. The number of nitrogens with zero attached hydrogens (tertiary/aromatic N) is 1. The van der Waals surface area contributed by atoms with E-state index in [4.69, 9.17) is 4.74 Å². The molecule has 0 aliphatic carbocycles. The van der Waals surface area contributed by atoms with Crippen LogP contribution in [-0.2, 0) is 32.3 Å². The lowest BCUT2D eigenvalue weighted by atomic mass is 10.0. The van der Waals surface area contributed by atoms with Crippen molar-refractivity contribution in [3.05, 3.63) is 56.1 Å². The fraction of sp³-hybridized carbons (Fsp3) is 0.474. The van der Waals surface area contributed by atoms with Crippen LogP contribution in [0.3, 0.4) is 0 Å². The van der Waals surface area contributed by atoms with E-state index in [1.165, 1.54) is 5.56 Å². The second-order valence-electron chi connectivity index (χ2n) is 5.89. The summed E-state index contributed by atoms with van der Waals surface area (Å²) in [4.78, 5) is 19.5. The molecule has 2 rings (SSSR count). The summed E-state index contributed by atoms with van der Waals surface area (Å²) in [5.74, 6) is 0.629. The van der Waals surface area contributed by atoms with Gasteiger partial charge in [0, 0.05) is 22.5 Å². The van der Waals surface area contributed by atoms with Crippen molar-refractivity contribution >= 4 is 0 Å². The first kappa shape index (κ1) is 18.2. The van der Waals surface area contributed by atoms with Gasteiger partial charge in [-0.05, 0) is 55.9 Å². The Morgan fingerprint density at radius 2 is 1.71 bits per heavy atom. The van der Waals surface area contributed by atoms with E-state index in [9.17, 15) is 9.90 Å². The van der Waals surface area contributed by atoms with Crippen molar-refractivity contribution in [2.45, 2.75) is 53.1 Å². The van der Waals surface area contributed by atoms with E-state index >= 15 is 0 Å². The molecule has 0 fully saturated rings. The third-order valence-corrected chi connectivity index (χ3v) is 4.43. The standard InChI is InChI=1S/C19H26N2O3/c1-5-13-9-16(19(24-4)20-12(13)3)8-7-15-10-14(6-2)17(11-22)21-18(15)23/h9-10,22H,5-8,11H2,1-4H3,(H,21,23). The zero-order valence-corrected chi connectivity index (χ0v) is 14.9. The molecule has 2 aromatic rings. The number of H-pyrrole nitrogens is 1. The van der Waals surface area contributed by atoms with Crippen LogP contribution in [0.1, 0.15) is 47.5 Å². The molecule has 2 aromatic heterocycles. The molecule has 0 bridgehead atoms. The summed E-state index contributed by atoms with van der Waals surface area (Å²) < 4.78 is 5.40. The summed E-state index contributed by atoms with van der Waals surface area (Å²) in [6, 6.07) is 4.03. The number of hydrogen-bond donors (Lipinski definition) is 2. The maximum absolute atomic E-state index is 12.2. The maximum Gasteiger partial charge on any atom is 0.251 e. The highest BCUT2D eigenvalue weighted by molar-refractivity contribution is 5.35. The van der Waals surface area contributed by atoms with Gasteiger partial charge < -0.3 is 14.8 Å². The number of nitrogens with one attached hydrogen (secondary N) is 1. The molecule has 0 atom stereocenters. The van der Waals surface area contributed by atoms with Crippen LogP contribution in [0.2, 0.25) is 0 Å². The molecule has 0 radical (unpaired) electrons. The molecule has 0 aromatic carbocycles. The third-order valence-electron chi connectivity index (χ3n) is 4.43. The number of aromatic nitrogens is 2. The lowest BCUT2D eigenvalue weighted by Crippen LogP contribution is -2.17. The molecule has 24 heavy (non-hydrogen) atoms. The average Bonchev–Trinajstić information content (AvgIpc) is 2.60. The molecule has 5 heteroatoms. The Morgan fingerprint density at radius 1 is 1.08 bits per heavy atom. The largest absolute Gasteiger partial charge is 0.481 e. The van der Waals surface area contributed by atoms with Crippen molar-refractivity contribution in [2.75, 3.05) is 7.11 Å². The van der Waals surface area contributed by atoms with Gasteiger partial charge in [0.15, 0.2) is 0 Å². The highest BCUT2D eigenvalue weighted by Crippen LogP contribution is 2.21. The molecule has 0 spiro atoms. The van der Waals surface area contributed by atoms with E-state index in [-0.39, 0.29) is 12.2 Å². The van der Waals surface area contributed by atoms with Crippen molar-refractivity contribution in [1.29, 1.82) is 0 Å². The van der Waals surface area contributed by atoms with E-state index in [1.54, 1.807) is 7.11 Å².